The Bertz CT molecular complexity index is 76.2. The predicted octanol–water partition coefficient (Wildman–Crippen LogP) is 3.51. The van der Waals surface area contributed by atoms with Gasteiger partial charge < -0.3 is 4.72 Å². The first-order chi connectivity index (χ1) is 6.41. The molecule has 0 rings (SSSR count). The zero-order valence-electron chi connectivity index (χ0n) is 9.23. The fourth-order valence-corrected chi connectivity index (χ4v) is 2.10. The summed E-state index contributed by atoms with van der Waals surface area (Å²) in [5.41, 5.74) is 0. The predicted molar refractivity (Wildman–Crippen MR) is 62.0 cm³/mol. The summed E-state index contributed by atoms with van der Waals surface area (Å²) in [6, 6.07) is 0. The number of rotatable bonds is 10. The molecule has 0 spiro atoms. The molecule has 0 aromatic carbocycles. The van der Waals surface area contributed by atoms with Gasteiger partial charge in [0.15, 0.2) is 0 Å². The summed E-state index contributed by atoms with van der Waals surface area (Å²) in [7, 11) is 0. The molecule has 77 valence electrons. The van der Waals surface area contributed by atoms with E-state index in [9.17, 15) is 0 Å². The summed E-state index contributed by atoms with van der Waals surface area (Å²) < 4.78 is 5.51. The normalized spacial score (nSPS) is 10.3. The molecule has 0 aromatic heterocycles. The van der Waals surface area contributed by atoms with E-state index in [1.165, 1.54) is 63.1 Å². The molecule has 2 N–H and O–H groups in total. The quantitative estimate of drug-likeness (QED) is 0.422. The van der Waals surface area contributed by atoms with Gasteiger partial charge in [-0.15, -0.1) is 0 Å². The molecule has 0 unspecified atom stereocenters. The number of hydrogen-bond acceptors (Lipinski definition) is 1. The van der Waals surface area contributed by atoms with Crippen molar-refractivity contribution in [2.75, 3.05) is 0 Å². The van der Waals surface area contributed by atoms with Gasteiger partial charge in [0.05, 0.1) is 0 Å². The molecular formula is C11H25AlN. The topological polar surface area (TPSA) is 26.0 Å². The summed E-state index contributed by atoms with van der Waals surface area (Å²) in [6.07, 6.45) is 12.8. The van der Waals surface area contributed by atoms with Gasteiger partial charge in [-0.3, -0.25) is 0 Å². The van der Waals surface area contributed by atoms with Gasteiger partial charge in [-0.05, 0) is 0 Å². The molecule has 1 nitrogen and oxygen atoms in total. The van der Waals surface area contributed by atoms with E-state index < -0.39 is 0 Å². The highest BCUT2D eigenvalue weighted by Crippen LogP contribution is 2.09. The Hall–Kier alpha value is 0.492. The van der Waals surface area contributed by atoms with Crippen molar-refractivity contribution in [2.24, 2.45) is 4.72 Å². The maximum Gasteiger partial charge on any atom is 0.316 e. The van der Waals surface area contributed by atoms with Crippen molar-refractivity contribution < 1.29 is 0 Å². The Kier molecular flexibility index (Phi) is 13.0. The van der Waals surface area contributed by atoms with Crippen molar-refractivity contribution in [3.05, 3.63) is 0 Å². The van der Waals surface area contributed by atoms with Crippen LogP contribution >= 0.6 is 0 Å². The van der Waals surface area contributed by atoms with Crippen molar-refractivity contribution in [3.63, 3.8) is 0 Å². The van der Waals surface area contributed by atoms with E-state index in [2.05, 4.69) is 6.92 Å². The highest BCUT2D eigenvalue weighted by Gasteiger charge is 1.91. The number of unbranched alkanes of at least 4 members (excludes halogenated alkanes) is 8. The standard InChI is InChI=1S/C11H23.Al.H2N/c1-3-5-7-9-11-10-8-6-4-2;;/h1,3-11H2,2H3;;1H2/q;+1;-1. The first-order valence-electron chi connectivity index (χ1n) is 5.95. The van der Waals surface area contributed by atoms with Crippen LogP contribution in [-0.4, -0.2) is 15.4 Å². The maximum absolute atomic E-state index is 5.51. The molecule has 0 fully saturated rings. The second-order valence-electron chi connectivity index (χ2n) is 3.85. The van der Waals surface area contributed by atoms with Crippen molar-refractivity contribution in [2.45, 2.75) is 70.0 Å². The van der Waals surface area contributed by atoms with Crippen LogP contribution in [0.4, 0.5) is 0 Å². The molecule has 0 saturated heterocycles. The Morgan fingerprint density at radius 1 is 0.769 bits per heavy atom. The number of hydrogen-bond donors (Lipinski definition) is 1. The first-order valence-corrected chi connectivity index (χ1v) is 7.43. The summed E-state index contributed by atoms with van der Waals surface area (Å²) in [4.78, 5) is 0. The Morgan fingerprint density at radius 3 is 1.69 bits per heavy atom. The second kappa shape index (κ2) is 12.5. The minimum absolute atomic E-state index is 0.267. The highest BCUT2D eigenvalue weighted by molar-refractivity contribution is 6.30. The Balaban J connectivity index is 2.76. The smallest absolute Gasteiger partial charge is 0.316 e. The van der Waals surface area contributed by atoms with E-state index in [1.807, 2.05) is 0 Å². The maximum atomic E-state index is 5.51. The lowest BCUT2D eigenvalue weighted by Crippen LogP contribution is -2.02. The molecule has 0 aromatic rings. The first kappa shape index (κ1) is 13.5. The lowest BCUT2D eigenvalue weighted by molar-refractivity contribution is 0.572. The molecule has 0 saturated carbocycles. The molecule has 0 aliphatic heterocycles. The molecule has 0 amide bonds. The summed E-state index contributed by atoms with van der Waals surface area (Å²) in [5.74, 6) is 0. The molecule has 2 heteroatoms. The van der Waals surface area contributed by atoms with Crippen LogP contribution in [0.3, 0.4) is 0 Å². The van der Waals surface area contributed by atoms with E-state index >= 15 is 0 Å². The van der Waals surface area contributed by atoms with Crippen molar-refractivity contribution in [3.8, 4) is 0 Å². The monoisotopic (exact) mass is 198 g/mol. The molecule has 0 atom stereocenters. The SMILES string of the molecule is CCCCCCCCCC[CH2][Al][NH2]. The largest absolute Gasteiger partial charge is 0.420 e. The minimum Gasteiger partial charge on any atom is -0.420 e. The third kappa shape index (κ3) is 12.5. The molecule has 0 bridgehead atoms. The van der Waals surface area contributed by atoms with Crippen molar-refractivity contribution in [1.82, 2.24) is 0 Å². The average molecular weight is 198 g/mol. The third-order valence-corrected chi connectivity index (χ3v) is 3.22. The number of nitrogens with two attached hydrogens (primary N) is 1. The van der Waals surface area contributed by atoms with Crippen LogP contribution in [-0.2, 0) is 0 Å². The molecule has 1 radical (unpaired) electrons. The van der Waals surface area contributed by atoms with Crippen molar-refractivity contribution >= 4 is 15.4 Å². The van der Waals surface area contributed by atoms with Gasteiger partial charge in [-0.25, -0.2) is 0 Å². The zero-order chi connectivity index (χ0) is 9.78. The van der Waals surface area contributed by atoms with Crippen LogP contribution in [0.15, 0.2) is 0 Å². The lowest BCUT2D eigenvalue weighted by atomic mass is 10.1. The van der Waals surface area contributed by atoms with Gasteiger partial charge in [0.25, 0.3) is 0 Å². The molecule has 0 aliphatic carbocycles. The molecule has 0 aliphatic rings. The summed E-state index contributed by atoms with van der Waals surface area (Å²) in [6.45, 7) is 2.27. The molecule has 0 heterocycles. The summed E-state index contributed by atoms with van der Waals surface area (Å²) in [5, 5.41) is 1.30. The fraction of sp³-hybridized carbons (Fsp3) is 1.00. The van der Waals surface area contributed by atoms with Gasteiger partial charge in [-0.2, -0.15) is 0 Å². The Morgan fingerprint density at radius 2 is 1.23 bits per heavy atom. The Labute approximate surface area is 90.4 Å². The van der Waals surface area contributed by atoms with E-state index in [-0.39, 0.29) is 15.4 Å². The van der Waals surface area contributed by atoms with Gasteiger partial charge >= 0.3 is 15.4 Å². The van der Waals surface area contributed by atoms with Crippen LogP contribution < -0.4 is 4.72 Å². The molecule has 13 heavy (non-hydrogen) atoms. The van der Waals surface area contributed by atoms with E-state index in [1.54, 1.807) is 0 Å². The van der Waals surface area contributed by atoms with E-state index in [4.69, 9.17) is 4.72 Å². The van der Waals surface area contributed by atoms with Gasteiger partial charge in [0.2, 0.25) is 0 Å². The minimum atomic E-state index is 0.267. The van der Waals surface area contributed by atoms with Crippen molar-refractivity contribution in [1.29, 1.82) is 0 Å². The molecular weight excluding hydrogens is 173 g/mol. The van der Waals surface area contributed by atoms with Crippen LogP contribution in [0.2, 0.25) is 5.28 Å². The zero-order valence-corrected chi connectivity index (χ0v) is 10.4. The van der Waals surface area contributed by atoms with Gasteiger partial charge in [0.1, 0.15) is 0 Å². The van der Waals surface area contributed by atoms with Crippen LogP contribution in [0.5, 0.6) is 0 Å². The highest BCUT2D eigenvalue weighted by atomic mass is 27.1. The van der Waals surface area contributed by atoms with Gasteiger partial charge in [-0.1, -0.05) is 70.0 Å². The second-order valence-corrected chi connectivity index (χ2v) is 4.90. The third-order valence-electron chi connectivity index (χ3n) is 2.47. The van der Waals surface area contributed by atoms with Crippen LogP contribution in [0.1, 0.15) is 64.7 Å². The van der Waals surface area contributed by atoms with E-state index in [0.29, 0.717) is 0 Å². The summed E-state index contributed by atoms with van der Waals surface area (Å²) >= 11 is 0.267. The average Bonchev–Trinajstić information content (AvgIpc) is 2.16. The van der Waals surface area contributed by atoms with Crippen LogP contribution in [0, 0.1) is 0 Å². The van der Waals surface area contributed by atoms with Crippen LogP contribution in [0.25, 0.3) is 0 Å². The van der Waals surface area contributed by atoms with Gasteiger partial charge in [0, 0.05) is 0 Å². The van der Waals surface area contributed by atoms with E-state index in [0.717, 1.165) is 0 Å². The fourth-order valence-electron chi connectivity index (χ4n) is 1.57. The lowest BCUT2D eigenvalue weighted by Gasteiger charge is -2.00.